The van der Waals surface area contributed by atoms with E-state index >= 15 is 0 Å². The highest BCUT2D eigenvalue weighted by Gasteiger charge is 2.32. The van der Waals surface area contributed by atoms with Crippen LogP contribution < -0.4 is 10.6 Å². The summed E-state index contributed by atoms with van der Waals surface area (Å²) in [5.41, 5.74) is 5.30. The molecule has 1 fully saturated rings. The number of nitrogens with zero attached hydrogens (tertiary/aromatic N) is 2. The Bertz CT molecular complexity index is 524. The first kappa shape index (κ1) is 14.5. The van der Waals surface area contributed by atoms with E-state index < -0.39 is 11.7 Å². The smallest absolute Gasteiger partial charge is 0.409 e. The quantitative estimate of drug-likeness (QED) is 0.387. The van der Waals surface area contributed by atoms with Gasteiger partial charge in [0, 0.05) is 24.8 Å². The van der Waals surface area contributed by atoms with Crippen LogP contribution in [0.2, 0.25) is 0 Å². The molecular formula is C13H16F3N3O. The fraction of sp³-hybridized carbons (Fsp3) is 0.462. The van der Waals surface area contributed by atoms with Gasteiger partial charge in [0.2, 0.25) is 0 Å². The van der Waals surface area contributed by atoms with E-state index in [4.69, 9.17) is 10.9 Å². The summed E-state index contributed by atoms with van der Waals surface area (Å²) in [6.45, 7) is 0.747. The van der Waals surface area contributed by atoms with E-state index in [1.54, 1.807) is 7.05 Å². The monoisotopic (exact) mass is 287 g/mol. The highest BCUT2D eigenvalue weighted by Crippen LogP contribution is 2.35. The minimum Gasteiger partial charge on any atom is -0.409 e. The van der Waals surface area contributed by atoms with Crippen molar-refractivity contribution in [2.45, 2.75) is 19.0 Å². The highest BCUT2D eigenvalue weighted by molar-refractivity contribution is 6.02. The molecule has 1 aromatic rings. The van der Waals surface area contributed by atoms with E-state index in [-0.39, 0.29) is 11.4 Å². The lowest BCUT2D eigenvalue weighted by molar-refractivity contribution is -0.137. The van der Waals surface area contributed by atoms with Gasteiger partial charge in [0.15, 0.2) is 5.84 Å². The van der Waals surface area contributed by atoms with Crippen molar-refractivity contribution in [1.29, 1.82) is 0 Å². The van der Waals surface area contributed by atoms with Crippen molar-refractivity contribution in [3.8, 4) is 0 Å². The fourth-order valence-corrected chi connectivity index (χ4v) is 2.09. The Kier molecular flexibility index (Phi) is 3.78. The van der Waals surface area contributed by atoms with Crippen LogP contribution in [0.1, 0.15) is 24.0 Å². The lowest BCUT2D eigenvalue weighted by Gasteiger charge is -2.23. The van der Waals surface area contributed by atoms with Gasteiger partial charge in [-0.3, -0.25) is 0 Å². The number of rotatable bonds is 4. The van der Waals surface area contributed by atoms with E-state index in [1.165, 1.54) is 6.07 Å². The molecule has 0 heterocycles. The molecule has 1 saturated carbocycles. The van der Waals surface area contributed by atoms with Crippen LogP contribution in [0.15, 0.2) is 23.4 Å². The largest absolute Gasteiger partial charge is 0.416 e. The summed E-state index contributed by atoms with van der Waals surface area (Å²) in [5.74, 6) is 0.246. The SMILES string of the molecule is CN(CC1CC1)c1ccc(C(F)(F)F)cc1/C(N)=N/O. The molecule has 3 N–H and O–H groups in total. The average Bonchev–Trinajstić information content (AvgIpc) is 3.19. The van der Waals surface area contributed by atoms with Gasteiger partial charge in [-0.2, -0.15) is 13.2 Å². The van der Waals surface area contributed by atoms with Crippen molar-refractivity contribution in [3.63, 3.8) is 0 Å². The Labute approximate surface area is 114 Å². The number of hydrogen-bond acceptors (Lipinski definition) is 3. The van der Waals surface area contributed by atoms with Crippen LogP contribution in [0, 0.1) is 5.92 Å². The molecule has 110 valence electrons. The summed E-state index contributed by atoms with van der Waals surface area (Å²) in [6.07, 6.45) is -2.20. The fourth-order valence-electron chi connectivity index (χ4n) is 2.09. The molecule has 0 unspecified atom stereocenters. The molecule has 2 rings (SSSR count). The van der Waals surface area contributed by atoms with Crippen LogP contribution in [-0.4, -0.2) is 24.6 Å². The van der Waals surface area contributed by atoms with Gasteiger partial charge in [0.1, 0.15) is 0 Å². The summed E-state index contributed by atoms with van der Waals surface area (Å²) < 4.78 is 38.2. The van der Waals surface area contributed by atoms with Crippen molar-refractivity contribution in [2.24, 2.45) is 16.8 Å². The molecule has 0 spiro atoms. The van der Waals surface area contributed by atoms with Gasteiger partial charge in [-0.15, -0.1) is 0 Å². The average molecular weight is 287 g/mol. The summed E-state index contributed by atoms with van der Waals surface area (Å²) in [7, 11) is 1.79. The second kappa shape index (κ2) is 5.22. The van der Waals surface area contributed by atoms with Gasteiger partial charge in [-0.05, 0) is 37.0 Å². The number of amidine groups is 1. The van der Waals surface area contributed by atoms with E-state index in [1.807, 2.05) is 4.90 Å². The van der Waals surface area contributed by atoms with Gasteiger partial charge in [-0.25, -0.2) is 0 Å². The number of halogens is 3. The van der Waals surface area contributed by atoms with Gasteiger partial charge in [0.05, 0.1) is 5.56 Å². The predicted molar refractivity (Wildman–Crippen MR) is 69.9 cm³/mol. The zero-order valence-electron chi connectivity index (χ0n) is 11.0. The molecule has 4 nitrogen and oxygen atoms in total. The molecule has 0 radical (unpaired) electrons. The number of nitrogens with two attached hydrogens (primary N) is 1. The van der Waals surface area contributed by atoms with Gasteiger partial charge >= 0.3 is 6.18 Å². The zero-order valence-corrected chi connectivity index (χ0v) is 11.0. The number of alkyl halides is 3. The topological polar surface area (TPSA) is 61.8 Å². The zero-order chi connectivity index (χ0) is 14.9. The summed E-state index contributed by atoms with van der Waals surface area (Å²) >= 11 is 0. The Morgan fingerprint density at radius 3 is 2.60 bits per heavy atom. The lowest BCUT2D eigenvalue weighted by atomic mass is 10.1. The minimum absolute atomic E-state index is 0.0884. The van der Waals surface area contributed by atoms with Crippen molar-refractivity contribution in [2.75, 3.05) is 18.5 Å². The molecule has 20 heavy (non-hydrogen) atoms. The third-order valence-electron chi connectivity index (χ3n) is 3.35. The molecule has 1 aromatic carbocycles. The molecule has 0 amide bonds. The Morgan fingerprint density at radius 1 is 1.45 bits per heavy atom. The second-order valence-electron chi connectivity index (χ2n) is 5.04. The van der Waals surface area contributed by atoms with E-state index in [0.717, 1.165) is 31.5 Å². The van der Waals surface area contributed by atoms with Crippen molar-refractivity contribution >= 4 is 11.5 Å². The minimum atomic E-state index is -4.46. The Morgan fingerprint density at radius 2 is 2.10 bits per heavy atom. The first-order valence-corrected chi connectivity index (χ1v) is 6.23. The number of benzene rings is 1. The third kappa shape index (κ3) is 3.15. The van der Waals surface area contributed by atoms with E-state index in [2.05, 4.69) is 5.16 Å². The van der Waals surface area contributed by atoms with Crippen molar-refractivity contribution in [1.82, 2.24) is 0 Å². The van der Waals surface area contributed by atoms with Crippen LogP contribution in [0.4, 0.5) is 18.9 Å². The molecule has 0 bridgehead atoms. The molecule has 0 atom stereocenters. The molecule has 1 aliphatic carbocycles. The Hall–Kier alpha value is -1.92. The van der Waals surface area contributed by atoms with E-state index in [0.29, 0.717) is 11.6 Å². The standard InChI is InChI=1S/C13H16F3N3O/c1-19(7-8-2-3-8)11-5-4-9(13(14,15)16)6-10(11)12(17)18-20/h4-6,8,20H,2-3,7H2,1H3,(H2,17,18). The summed E-state index contributed by atoms with van der Waals surface area (Å²) in [4.78, 5) is 1.84. The maximum atomic E-state index is 12.7. The molecular weight excluding hydrogens is 271 g/mol. The third-order valence-corrected chi connectivity index (χ3v) is 3.35. The first-order valence-electron chi connectivity index (χ1n) is 6.23. The van der Waals surface area contributed by atoms with Crippen molar-refractivity contribution < 1.29 is 18.4 Å². The maximum Gasteiger partial charge on any atom is 0.416 e. The molecule has 1 aliphatic rings. The number of oxime groups is 1. The summed E-state index contributed by atoms with van der Waals surface area (Å²) in [5, 5.41) is 11.6. The van der Waals surface area contributed by atoms with Crippen LogP contribution in [0.3, 0.4) is 0 Å². The molecule has 0 aromatic heterocycles. The van der Waals surface area contributed by atoms with Crippen molar-refractivity contribution in [3.05, 3.63) is 29.3 Å². The maximum absolute atomic E-state index is 12.7. The lowest BCUT2D eigenvalue weighted by Crippen LogP contribution is -2.25. The van der Waals surface area contributed by atoms with Crippen LogP contribution in [0.5, 0.6) is 0 Å². The van der Waals surface area contributed by atoms with Crippen LogP contribution in [0.25, 0.3) is 0 Å². The second-order valence-corrected chi connectivity index (χ2v) is 5.04. The normalized spacial score (nSPS) is 16.3. The highest BCUT2D eigenvalue weighted by atomic mass is 19.4. The van der Waals surface area contributed by atoms with Crippen LogP contribution >= 0.6 is 0 Å². The molecule has 0 saturated heterocycles. The Balaban J connectivity index is 2.39. The first-order chi connectivity index (χ1) is 9.32. The molecule has 7 heteroatoms. The number of anilines is 1. The summed E-state index contributed by atoms with van der Waals surface area (Å²) in [6, 6.07) is 3.28. The van der Waals surface area contributed by atoms with Gasteiger partial charge in [0.25, 0.3) is 0 Å². The van der Waals surface area contributed by atoms with Crippen LogP contribution in [-0.2, 0) is 6.18 Å². The number of hydrogen-bond donors (Lipinski definition) is 2. The van der Waals surface area contributed by atoms with Gasteiger partial charge < -0.3 is 15.8 Å². The van der Waals surface area contributed by atoms with Gasteiger partial charge in [-0.1, -0.05) is 5.16 Å². The predicted octanol–water partition coefficient (Wildman–Crippen LogP) is 2.65. The van der Waals surface area contributed by atoms with E-state index in [9.17, 15) is 13.2 Å². The molecule has 0 aliphatic heterocycles.